The van der Waals surface area contributed by atoms with Gasteiger partial charge in [-0.15, -0.1) is 0 Å². The van der Waals surface area contributed by atoms with Crippen LogP contribution in [-0.2, 0) is 0 Å². The average molecular weight is 346 g/mol. The lowest BCUT2D eigenvalue weighted by molar-refractivity contribution is 0.580. The van der Waals surface area contributed by atoms with Crippen LogP contribution in [0.1, 0.15) is 0 Å². The number of benzene rings is 2. The number of hydrogen-bond donors (Lipinski definition) is 0. The van der Waals surface area contributed by atoms with E-state index < -0.39 is 0 Å². The van der Waals surface area contributed by atoms with E-state index in [4.69, 9.17) is 25.4 Å². The van der Waals surface area contributed by atoms with E-state index in [9.17, 15) is 0 Å². The number of hydrogen-bond acceptors (Lipinski definition) is 3. The third kappa shape index (κ3) is 2.24. The first-order valence-electron chi connectivity index (χ1n) is 7.92. The van der Waals surface area contributed by atoms with Crippen molar-refractivity contribution in [1.82, 2.24) is 4.98 Å². The Morgan fingerprint density at radius 3 is 2.52 bits per heavy atom. The fourth-order valence-corrected chi connectivity index (χ4v) is 3.33. The third-order valence-corrected chi connectivity index (χ3v) is 4.59. The van der Waals surface area contributed by atoms with Crippen LogP contribution >= 0.6 is 11.6 Å². The standard InChI is InChI=1S/C21H12ClNO2/c22-16-8-3-1-6-13(16)17-12-15(18-10-5-11-24-18)21-20(23-17)14-7-2-4-9-19(14)25-21/h1-12H. The summed E-state index contributed by atoms with van der Waals surface area (Å²) in [6, 6.07) is 21.3. The zero-order valence-corrected chi connectivity index (χ0v) is 13.8. The molecule has 5 aromatic rings. The normalized spacial score (nSPS) is 11.4. The Morgan fingerprint density at radius 2 is 1.68 bits per heavy atom. The molecule has 25 heavy (non-hydrogen) atoms. The number of fused-ring (bicyclic) bond motifs is 3. The largest absolute Gasteiger partial charge is 0.464 e. The molecule has 0 atom stereocenters. The first-order chi connectivity index (χ1) is 12.3. The molecule has 0 aliphatic rings. The van der Waals surface area contributed by atoms with Gasteiger partial charge in [-0.2, -0.15) is 0 Å². The Balaban J connectivity index is 1.92. The summed E-state index contributed by atoms with van der Waals surface area (Å²) in [5, 5.41) is 1.63. The summed E-state index contributed by atoms with van der Waals surface area (Å²) in [6.07, 6.45) is 1.65. The highest BCUT2D eigenvalue weighted by Crippen LogP contribution is 2.38. The fraction of sp³-hybridized carbons (Fsp3) is 0. The van der Waals surface area contributed by atoms with Gasteiger partial charge < -0.3 is 8.83 Å². The summed E-state index contributed by atoms with van der Waals surface area (Å²) in [5.41, 5.74) is 4.85. The Labute approximate surface area is 148 Å². The van der Waals surface area contributed by atoms with Crippen molar-refractivity contribution in [3.8, 4) is 22.6 Å². The van der Waals surface area contributed by atoms with Crippen LogP contribution in [0.15, 0.2) is 81.8 Å². The first kappa shape index (κ1) is 14.3. The summed E-state index contributed by atoms with van der Waals surface area (Å²) in [5.74, 6) is 0.736. The summed E-state index contributed by atoms with van der Waals surface area (Å²) in [6.45, 7) is 0. The molecule has 4 heteroatoms. The maximum absolute atomic E-state index is 6.39. The lowest BCUT2D eigenvalue weighted by atomic mass is 10.1. The molecule has 120 valence electrons. The molecule has 0 aliphatic carbocycles. The van der Waals surface area contributed by atoms with Gasteiger partial charge in [0, 0.05) is 16.0 Å². The van der Waals surface area contributed by atoms with E-state index in [1.54, 1.807) is 6.26 Å². The van der Waals surface area contributed by atoms with Gasteiger partial charge in [0.1, 0.15) is 16.9 Å². The molecular weight excluding hydrogens is 334 g/mol. The van der Waals surface area contributed by atoms with Crippen LogP contribution in [0.5, 0.6) is 0 Å². The van der Waals surface area contributed by atoms with Gasteiger partial charge in [0.15, 0.2) is 5.58 Å². The van der Waals surface area contributed by atoms with Crippen LogP contribution in [0.3, 0.4) is 0 Å². The minimum absolute atomic E-state index is 0.660. The van der Waals surface area contributed by atoms with Crippen molar-refractivity contribution in [1.29, 1.82) is 0 Å². The average Bonchev–Trinajstić information content (AvgIpc) is 3.29. The molecule has 3 heterocycles. The van der Waals surface area contributed by atoms with E-state index in [2.05, 4.69) is 0 Å². The van der Waals surface area contributed by atoms with Crippen LogP contribution in [0.4, 0.5) is 0 Å². The molecule has 0 saturated heterocycles. The number of furan rings is 2. The zero-order valence-electron chi connectivity index (χ0n) is 13.1. The topological polar surface area (TPSA) is 39.2 Å². The maximum atomic E-state index is 6.39. The van der Waals surface area contributed by atoms with Gasteiger partial charge in [-0.3, -0.25) is 0 Å². The van der Waals surface area contributed by atoms with Gasteiger partial charge >= 0.3 is 0 Å². The van der Waals surface area contributed by atoms with Crippen LogP contribution in [0.25, 0.3) is 44.7 Å². The number of nitrogens with zero attached hydrogens (tertiary/aromatic N) is 1. The van der Waals surface area contributed by atoms with Crippen LogP contribution in [0.2, 0.25) is 5.02 Å². The van der Waals surface area contributed by atoms with Gasteiger partial charge in [0.05, 0.1) is 17.5 Å². The molecule has 0 aliphatic heterocycles. The van der Waals surface area contributed by atoms with Gasteiger partial charge in [-0.25, -0.2) is 4.98 Å². The first-order valence-corrected chi connectivity index (χ1v) is 8.30. The molecule has 0 spiro atoms. The number of rotatable bonds is 2. The van der Waals surface area contributed by atoms with E-state index >= 15 is 0 Å². The summed E-state index contributed by atoms with van der Waals surface area (Å²) < 4.78 is 11.7. The molecule has 0 radical (unpaired) electrons. The van der Waals surface area contributed by atoms with Crippen molar-refractivity contribution in [3.05, 3.63) is 78.0 Å². The predicted molar refractivity (Wildman–Crippen MR) is 99.7 cm³/mol. The molecule has 2 aromatic carbocycles. The van der Waals surface area contributed by atoms with Crippen LogP contribution in [0, 0.1) is 0 Å². The highest BCUT2D eigenvalue weighted by molar-refractivity contribution is 6.33. The lowest BCUT2D eigenvalue weighted by Gasteiger charge is -2.06. The third-order valence-electron chi connectivity index (χ3n) is 4.26. The summed E-state index contributed by atoms with van der Waals surface area (Å²) >= 11 is 6.39. The van der Waals surface area contributed by atoms with E-state index in [0.717, 1.165) is 39.1 Å². The second-order valence-corrected chi connectivity index (χ2v) is 6.20. The van der Waals surface area contributed by atoms with Crippen molar-refractivity contribution in [2.24, 2.45) is 0 Å². The number of pyridine rings is 1. The SMILES string of the molecule is Clc1ccccc1-c1cc(-c2ccco2)c2oc3ccccc3c2n1. The fourth-order valence-electron chi connectivity index (χ4n) is 3.10. The molecule has 3 aromatic heterocycles. The van der Waals surface area contributed by atoms with Gasteiger partial charge in [0.2, 0.25) is 0 Å². The van der Waals surface area contributed by atoms with Gasteiger partial charge in [0.25, 0.3) is 0 Å². The Bertz CT molecular complexity index is 1210. The highest BCUT2D eigenvalue weighted by atomic mass is 35.5. The molecule has 3 nitrogen and oxygen atoms in total. The van der Waals surface area contributed by atoms with E-state index in [1.165, 1.54) is 0 Å². The predicted octanol–water partition coefficient (Wildman–Crippen LogP) is 6.56. The number of aromatic nitrogens is 1. The minimum Gasteiger partial charge on any atom is -0.464 e. The van der Waals surface area contributed by atoms with Gasteiger partial charge in [-0.1, -0.05) is 41.9 Å². The second kappa shape index (κ2) is 5.50. The van der Waals surface area contributed by atoms with Crippen molar-refractivity contribution in [2.45, 2.75) is 0 Å². The second-order valence-electron chi connectivity index (χ2n) is 5.79. The Kier molecular flexibility index (Phi) is 3.15. The monoisotopic (exact) mass is 345 g/mol. The molecule has 0 bridgehead atoms. The maximum Gasteiger partial charge on any atom is 0.164 e. The van der Waals surface area contributed by atoms with Gasteiger partial charge in [-0.05, 0) is 36.4 Å². The molecular formula is C21H12ClNO2. The molecule has 0 N–H and O–H groups in total. The summed E-state index contributed by atoms with van der Waals surface area (Å²) in [4.78, 5) is 4.85. The molecule has 0 fully saturated rings. The number of para-hydroxylation sites is 1. The Morgan fingerprint density at radius 1 is 0.840 bits per heavy atom. The van der Waals surface area contributed by atoms with Crippen molar-refractivity contribution < 1.29 is 8.83 Å². The Hall–Kier alpha value is -3.04. The molecule has 5 rings (SSSR count). The van der Waals surface area contributed by atoms with E-state index in [-0.39, 0.29) is 0 Å². The van der Waals surface area contributed by atoms with E-state index in [0.29, 0.717) is 10.6 Å². The van der Waals surface area contributed by atoms with Crippen molar-refractivity contribution in [3.63, 3.8) is 0 Å². The zero-order chi connectivity index (χ0) is 16.8. The molecule has 0 unspecified atom stereocenters. The van der Waals surface area contributed by atoms with Crippen LogP contribution in [-0.4, -0.2) is 4.98 Å². The van der Waals surface area contributed by atoms with E-state index in [1.807, 2.05) is 66.7 Å². The molecule has 0 amide bonds. The quantitative estimate of drug-likeness (QED) is 0.363. The smallest absolute Gasteiger partial charge is 0.164 e. The van der Waals surface area contributed by atoms with Crippen molar-refractivity contribution >= 4 is 33.7 Å². The lowest BCUT2D eigenvalue weighted by Crippen LogP contribution is -1.88. The number of halogens is 1. The summed E-state index contributed by atoms with van der Waals surface area (Å²) in [7, 11) is 0. The minimum atomic E-state index is 0.660. The van der Waals surface area contributed by atoms with Crippen LogP contribution < -0.4 is 0 Å². The highest BCUT2D eigenvalue weighted by Gasteiger charge is 2.18. The molecule has 0 saturated carbocycles. The van der Waals surface area contributed by atoms with Crippen molar-refractivity contribution in [2.75, 3.05) is 0 Å².